The number of ether oxygens (including phenoxy) is 1. The molecule has 0 amide bonds. The molecule has 19 heavy (non-hydrogen) atoms. The number of aryl methyl sites for hydroxylation is 1. The van der Waals surface area contributed by atoms with Gasteiger partial charge in [0.05, 0.1) is 5.56 Å². The first-order valence-corrected chi connectivity index (χ1v) is 5.73. The Labute approximate surface area is 109 Å². The van der Waals surface area contributed by atoms with E-state index >= 15 is 0 Å². The Balaban J connectivity index is 2.19. The van der Waals surface area contributed by atoms with Crippen LogP contribution in [-0.4, -0.2) is 6.29 Å². The summed E-state index contributed by atoms with van der Waals surface area (Å²) in [6, 6.07) is 8.98. The average Bonchev–Trinajstić information content (AvgIpc) is 2.41. The van der Waals surface area contributed by atoms with Crippen LogP contribution in [0.1, 0.15) is 21.5 Å². The van der Waals surface area contributed by atoms with Crippen LogP contribution in [0.5, 0.6) is 5.75 Å². The van der Waals surface area contributed by atoms with E-state index in [1.54, 1.807) is 18.2 Å². The molecule has 2 rings (SSSR count). The molecule has 0 spiro atoms. The largest absolute Gasteiger partial charge is 0.488 e. The van der Waals surface area contributed by atoms with E-state index in [0.29, 0.717) is 17.6 Å². The molecule has 0 aliphatic carbocycles. The summed E-state index contributed by atoms with van der Waals surface area (Å²) in [7, 11) is 0. The van der Waals surface area contributed by atoms with Gasteiger partial charge in [0.1, 0.15) is 12.4 Å². The van der Waals surface area contributed by atoms with Crippen LogP contribution in [0.4, 0.5) is 8.78 Å². The first-order chi connectivity index (χ1) is 9.11. The highest BCUT2D eigenvalue weighted by atomic mass is 19.2. The Morgan fingerprint density at radius 2 is 2.00 bits per heavy atom. The second kappa shape index (κ2) is 5.61. The quantitative estimate of drug-likeness (QED) is 0.786. The van der Waals surface area contributed by atoms with Crippen LogP contribution < -0.4 is 4.74 Å². The maximum atomic E-state index is 13.4. The van der Waals surface area contributed by atoms with E-state index in [2.05, 4.69) is 0 Å². The third-order valence-corrected chi connectivity index (χ3v) is 2.71. The summed E-state index contributed by atoms with van der Waals surface area (Å²) in [4.78, 5) is 10.9. The lowest BCUT2D eigenvalue weighted by Crippen LogP contribution is -2.02. The number of benzene rings is 2. The molecule has 0 fully saturated rings. The van der Waals surface area contributed by atoms with Crippen molar-refractivity contribution in [3.8, 4) is 5.75 Å². The van der Waals surface area contributed by atoms with Gasteiger partial charge in [-0.2, -0.15) is 0 Å². The summed E-state index contributed by atoms with van der Waals surface area (Å²) in [5.41, 5.74) is 1.42. The van der Waals surface area contributed by atoms with Gasteiger partial charge in [-0.05, 0) is 25.1 Å². The van der Waals surface area contributed by atoms with Gasteiger partial charge in [-0.3, -0.25) is 4.79 Å². The second-order valence-electron chi connectivity index (χ2n) is 4.16. The van der Waals surface area contributed by atoms with Crippen molar-refractivity contribution in [3.05, 3.63) is 64.7 Å². The SMILES string of the molecule is Cc1ccc(OCc2cccc(F)c2F)c(C=O)c1. The maximum absolute atomic E-state index is 13.4. The molecule has 0 aliphatic rings. The lowest BCUT2D eigenvalue weighted by Gasteiger charge is -2.10. The molecule has 2 aromatic rings. The Morgan fingerprint density at radius 1 is 1.21 bits per heavy atom. The van der Waals surface area contributed by atoms with Crippen molar-refractivity contribution >= 4 is 6.29 Å². The van der Waals surface area contributed by atoms with Gasteiger partial charge in [0.15, 0.2) is 17.9 Å². The topological polar surface area (TPSA) is 26.3 Å². The van der Waals surface area contributed by atoms with Crippen LogP contribution in [0, 0.1) is 18.6 Å². The summed E-state index contributed by atoms with van der Waals surface area (Å²) in [5.74, 6) is -1.49. The van der Waals surface area contributed by atoms with Crippen molar-refractivity contribution in [2.45, 2.75) is 13.5 Å². The standard InChI is InChI=1S/C15H12F2O2/c1-10-5-6-14(12(7-10)8-18)19-9-11-3-2-4-13(16)15(11)17/h2-8H,9H2,1H3. The molecule has 0 saturated heterocycles. The molecule has 0 aliphatic heterocycles. The number of hydrogen-bond acceptors (Lipinski definition) is 2. The van der Waals surface area contributed by atoms with E-state index in [-0.39, 0.29) is 12.2 Å². The molecule has 2 nitrogen and oxygen atoms in total. The normalized spacial score (nSPS) is 10.3. The van der Waals surface area contributed by atoms with Crippen LogP contribution in [0.15, 0.2) is 36.4 Å². The van der Waals surface area contributed by atoms with Gasteiger partial charge >= 0.3 is 0 Å². The fourth-order valence-corrected chi connectivity index (χ4v) is 1.71. The van der Waals surface area contributed by atoms with E-state index in [1.165, 1.54) is 12.1 Å². The molecule has 0 saturated carbocycles. The van der Waals surface area contributed by atoms with Crippen LogP contribution in [0.25, 0.3) is 0 Å². The molecule has 4 heteroatoms. The fourth-order valence-electron chi connectivity index (χ4n) is 1.71. The van der Waals surface area contributed by atoms with E-state index in [0.717, 1.165) is 11.6 Å². The molecule has 0 heterocycles. The summed E-state index contributed by atoms with van der Waals surface area (Å²) >= 11 is 0. The summed E-state index contributed by atoms with van der Waals surface area (Å²) in [6.45, 7) is 1.72. The highest BCUT2D eigenvalue weighted by molar-refractivity contribution is 5.79. The van der Waals surface area contributed by atoms with Gasteiger partial charge in [-0.25, -0.2) is 8.78 Å². The Morgan fingerprint density at radius 3 is 2.74 bits per heavy atom. The van der Waals surface area contributed by atoms with Crippen molar-refractivity contribution in [3.63, 3.8) is 0 Å². The van der Waals surface area contributed by atoms with Gasteiger partial charge < -0.3 is 4.74 Å². The molecular formula is C15H12F2O2. The summed E-state index contributed by atoms with van der Waals surface area (Å²) in [5, 5.41) is 0. The highest BCUT2D eigenvalue weighted by Crippen LogP contribution is 2.20. The van der Waals surface area contributed by atoms with Crippen molar-refractivity contribution in [1.29, 1.82) is 0 Å². The van der Waals surface area contributed by atoms with Crippen LogP contribution in [-0.2, 0) is 6.61 Å². The molecule has 0 radical (unpaired) electrons. The van der Waals surface area contributed by atoms with Crippen molar-refractivity contribution < 1.29 is 18.3 Å². The smallest absolute Gasteiger partial charge is 0.165 e. The first kappa shape index (κ1) is 13.2. The van der Waals surface area contributed by atoms with Gasteiger partial charge in [-0.1, -0.05) is 23.8 Å². The number of halogens is 2. The molecule has 0 atom stereocenters. The van der Waals surface area contributed by atoms with Crippen molar-refractivity contribution in [2.24, 2.45) is 0 Å². The van der Waals surface area contributed by atoms with E-state index in [4.69, 9.17) is 4.74 Å². The number of carbonyl (C=O) groups is 1. The third kappa shape index (κ3) is 2.96. The number of hydrogen-bond donors (Lipinski definition) is 0. The zero-order chi connectivity index (χ0) is 13.8. The second-order valence-corrected chi connectivity index (χ2v) is 4.16. The van der Waals surface area contributed by atoms with Gasteiger partial charge in [0.25, 0.3) is 0 Å². The Hall–Kier alpha value is -2.23. The maximum Gasteiger partial charge on any atom is 0.165 e. The average molecular weight is 262 g/mol. The van der Waals surface area contributed by atoms with Crippen molar-refractivity contribution in [1.82, 2.24) is 0 Å². The number of rotatable bonds is 4. The molecule has 0 bridgehead atoms. The molecule has 98 valence electrons. The summed E-state index contributed by atoms with van der Waals surface area (Å²) < 4.78 is 31.8. The molecule has 0 aromatic heterocycles. The number of aldehydes is 1. The highest BCUT2D eigenvalue weighted by Gasteiger charge is 2.09. The zero-order valence-corrected chi connectivity index (χ0v) is 10.3. The monoisotopic (exact) mass is 262 g/mol. The van der Waals surface area contributed by atoms with Gasteiger partial charge in [0, 0.05) is 5.56 Å². The predicted octanol–water partition coefficient (Wildman–Crippen LogP) is 3.66. The number of carbonyl (C=O) groups excluding carboxylic acids is 1. The van der Waals surface area contributed by atoms with Crippen LogP contribution in [0.3, 0.4) is 0 Å². The lowest BCUT2D eigenvalue weighted by molar-refractivity contribution is 0.111. The van der Waals surface area contributed by atoms with E-state index in [9.17, 15) is 13.6 Å². The van der Waals surface area contributed by atoms with Gasteiger partial charge in [0.2, 0.25) is 0 Å². The van der Waals surface area contributed by atoms with E-state index < -0.39 is 11.6 Å². The summed E-state index contributed by atoms with van der Waals surface area (Å²) in [6.07, 6.45) is 0.671. The fraction of sp³-hybridized carbons (Fsp3) is 0.133. The van der Waals surface area contributed by atoms with Crippen LogP contribution >= 0.6 is 0 Å². The van der Waals surface area contributed by atoms with E-state index in [1.807, 2.05) is 6.92 Å². The minimum Gasteiger partial charge on any atom is -0.488 e. The van der Waals surface area contributed by atoms with Crippen LogP contribution in [0.2, 0.25) is 0 Å². The molecule has 0 N–H and O–H groups in total. The first-order valence-electron chi connectivity index (χ1n) is 5.73. The molecule has 0 unspecified atom stereocenters. The predicted molar refractivity (Wildman–Crippen MR) is 67.3 cm³/mol. The lowest BCUT2D eigenvalue weighted by atomic mass is 10.1. The van der Waals surface area contributed by atoms with Gasteiger partial charge in [-0.15, -0.1) is 0 Å². The molecular weight excluding hydrogens is 250 g/mol. The van der Waals surface area contributed by atoms with Crippen molar-refractivity contribution in [2.75, 3.05) is 0 Å². The zero-order valence-electron chi connectivity index (χ0n) is 10.3. The molecule has 2 aromatic carbocycles. The minimum atomic E-state index is -0.928. The Kier molecular flexibility index (Phi) is 3.90. The third-order valence-electron chi connectivity index (χ3n) is 2.71. The minimum absolute atomic E-state index is 0.109. The Bertz CT molecular complexity index is 609.